The van der Waals surface area contributed by atoms with E-state index in [4.69, 9.17) is 14.7 Å². The van der Waals surface area contributed by atoms with Crippen molar-refractivity contribution in [3.63, 3.8) is 0 Å². The van der Waals surface area contributed by atoms with Crippen LogP contribution in [0.2, 0.25) is 0 Å². The van der Waals surface area contributed by atoms with Crippen molar-refractivity contribution in [2.24, 2.45) is 0 Å². The minimum absolute atomic E-state index is 0.252. The van der Waals surface area contributed by atoms with Gasteiger partial charge in [-0.15, -0.1) is 0 Å². The van der Waals surface area contributed by atoms with Gasteiger partial charge >= 0.3 is 0 Å². The van der Waals surface area contributed by atoms with Crippen LogP contribution < -0.4 is 14.8 Å². The number of hydrogen-bond donors (Lipinski definition) is 1. The molecule has 0 saturated heterocycles. The smallest absolute Gasteiger partial charge is 0.161 e. The van der Waals surface area contributed by atoms with Crippen LogP contribution in [-0.4, -0.2) is 20.8 Å². The fourth-order valence-corrected chi connectivity index (χ4v) is 1.89. The van der Waals surface area contributed by atoms with Gasteiger partial charge in [0.15, 0.2) is 11.5 Å². The van der Waals surface area contributed by atoms with E-state index in [2.05, 4.69) is 18.3 Å². The summed E-state index contributed by atoms with van der Waals surface area (Å²) < 4.78 is 10.5. The maximum Gasteiger partial charge on any atom is 0.161 e. The molecule has 104 valence electrons. The first kappa shape index (κ1) is 15.3. The number of benzene rings is 1. The molecule has 4 nitrogen and oxygen atoms in total. The highest BCUT2D eigenvalue weighted by atomic mass is 16.5. The molecule has 1 N–H and O–H groups in total. The van der Waals surface area contributed by atoms with E-state index in [-0.39, 0.29) is 6.04 Å². The minimum Gasteiger partial charge on any atom is -0.493 e. The number of nitrogens with one attached hydrogen (secondary N) is 1. The summed E-state index contributed by atoms with van der Waals surface area (Å²) in [6.45, 7) is 3.03. The molecule has 0 aliphatic rings. The van der Waals surface area contributed by atoms with Gasteiger partial charge in [-0.2, -0.15) is 5.26 Å². The van der Waals surface area contributed by atoms with Crippen molar-refractivity contribution < 1.29 is 9.47 Å². The van der Waals surface area contributed by atoms with Gasteiger partial charge in [-0.3, -0.25) is 0 Å². The normalized spacial score (nSPS) is 11.7. The molecule has 0 saturated carbocycles. The van der Waals surface area contributed by atoms with Crippen LogP contribution in [0.4, 0.5) is 0 Å². The maximum atomic E-state index is 8.46. The number of methoxy groups -OCH3 is 2. The van der Waals surface area contributed by atoms with Crippen LogP contribution in [0.3, 0.4) is 0 Å². The summed E-state index contributed by atoms with van der Waals surface area (Å²) in [4.78, 5) is 0. The van der Waals surface area contributed by atoms with Gasteiger partial charge in [0, 0.05) is 12.5 Å². The molecule has 19 heavy (non-hydrogen) atoms. The van der Waals surface area contributed by atoms with E-state index in [1.807, 2.05) is 18.2 Å². The molecule has 0 spiro atoms. The Morgan fingerprint density at radius 1 is 1.21 bits per heavy atom. The summed E-state index contributed by atoms with van der Waals surface area (Å²) >= 11 is 0. The molecule has 0 aromatic heterocycles. The van der Waals surface area contributed by atoms with Crippen LogP contribution in [0.15, 0.2) is 18.2 Å². The molecular weight excluding hydrogens is 240 g/mol. The van der Waals surface area contributed by atoms with Gasteiger partial charge in [-0.25, -0.2) is 0 Å². The lowest BCUT2D eigenvalue weighted by atomic mass is 10.1. The predicted molar refractivity (Wildman–Crippen MR) is 75.4 cm³/mol. The van der Waals surface area contributed by atoms with Gasteiger partial charge in [0.05, 0.1) is 20.3 Å². The number of rotatable bonds is 8. The predicted octanol–water partition coefficient (Wildman–Crippen LogP) is 3.05. The third-order valence-electron chi connectivity index (χ3n) is 3.07. The summed E-state index contributed by atoms with van der Waals surface area (Å²) in [6.07, 6.45) is 2.60. The van der Waals surface area contributed by atoms with Crippen LogP contribution in [0, 0.1) is 11.3 Å². The monoisotopic (exact) mass is 262 g/mol. The van der Waals surface area contributed by atoms with Crippen molar-refractivity contribution >= 4 is 0 Å². The van der Waals surface area contributed by atoms with E-state index < -0.39 is 0 Å². The maximum absolute atomic E-state index is 8.46. The number of nitrogens with zero attached hydrogens (tertiary/aromatic N) is 1. The first-order valence-corrected chi connectivity index (χ1v) is 6.55. The molecule has 0 bridgehead atoms. The average molecular weight is 262 g/mol. The first-order valence-electron chi connectivity index (χ1n) is 6.55. The Hall–Kier alpha value is -1.73. The molecule has 1 unspecified atom stereocenters. The summed E-state index contributed by atoms with van der Waals surface area (Å²) in [5.41, 5.74) is 1.16. The molecule has 0 radical (unpaired) electrons. The fraction of sp³-hybridized carbons (Fsp3) is 0.533. The Morgan fingerprint density at radius 3 is 2.58 bits per heavy atom. The summed E-state index contributed by atoms with van der Waals surface area (Å²) in [6, 6.07) is 8.36. The average Bonchev–Trinajstić information content (AvgIpc) is 2.46. The van der Waals surface area contributed by atoms with E-state index in [1.54, 1.807) is 14.2 Å². The Kier molecular flexibility index (Phi) is 6.76. The zero-order chi connectivity index (χ0) is 14.1. The second kappa shape index (κ2) is 8.39. The third-order valence-corrected chi connectivity index (χ3v) is 3.07. The molecule has 0 aliphatic carbocycles. The lowest BCUT2D eigenvalue weighted by Crippen LogP contribution is -2.19. The van der Waals surface area contributed by atoms with Crippen molar-refractivity contribution in [2.45, 2.75) is 32.2 Å². The van der Waals surface area contributed by atoms with E-state index in [0.717, 1.165) is 36.4 Å². The van der Waals surface area contributed by atoms with Gasteiger partial charge in [-0.1, -0.05) is 6.07 Å². The zero-order valence-electron chi connectivity index (χ0n) is 11.9. The van der Waals surface area contributed by atoms with Gasteiger partial charge in [0.2, 0.25) is 0 Å². The van der Waals surface area contributed by atoms with Crippen molar-refractivity contribution in [3.05, 3.63) is 23.8 Å². The van der Waals surface area contributed by atoms with Gasteiger partial charge in [-0.05, 0) is 44.0 Å². The SMILES string of the molecule is COc1ccc(C(C)NCCCCC#N)cc1OC. The van der Waals surface area contributed by atoms with E-state index in [1.165, 1.54) is 0 Å². The highest BCUT2D eigenvalue weighted by molar-refractivity contribution is 5.43. The first-order chi connectivity index (χ1) is 9.22. The van der Waals surface area contributed by atoms with Crippen LogP contribution in [0.5, 0.6) is 11.5 Å². The van der Waals surface area contributed by atoms with Crippen LogP contribution in [-0.2, 0) is 0 Å². The standard InChI is InChI=1S/C15H22N2O2/c1-12(17-10-6-4-5-9-16)13-7-8-14(18-2)15(11-13)19-3/h7-8,11-12,17H,4-6,10H2,1-3H3. The Bertz CT molecular complexity index is 427. The Balaban J connectivity index is 2.52. The highest BCUT2D eigenvalue weighted by Gasteiger charge is 2.09. The number of hydrogen-bond acceptors (Lipinski definition) is 4. The van der Waals surface area contributed by atoms with Crippen molar-refractivity contribution in [1.82, 2.24) is 5.32 Å². The molecule has 1 aromatic rings. The van der Waals surface area contributed by atoms with Crippen LogP contribution in [0.25, 0.3) is 0 Å². The molecular formula is C15H22N2O2. The van der Waals surface area contributed by atoms with Crippen molar-refractivity contribution in [3.8, 4) is 17.6 Å². The van der Waals surface area contributed by atoms with Crippen molar-refractivity contribution in [2.75, 3.05) is 20.8 Å². The van der Waals surface area contributed by atoms with E-state index >= 15 is 0 Å². The van der Waals surface area contributed by atoms with Gasteiger partial charge in [0.25, 0.3) is 0 Å². The van der Waals surface area contributed by atoms with Gasteiger partial charge in [0.1, 0.15) is 0 Å². The zero-order valence-corrected chi connectivity index (χ0v) is 11.9. The molecule has 0 aliphatic heterocycles. The molecule has 0 amide bonds. The Labute approximate surface area is 115 Å². The Morgan fingerprint density at radius 2 is 1.95 bits per heavy atom. The second-order valence-electron chi connectivity index (χ2n) is 4.41. The molecule has 4 heteroatoms. The van der Waals surface area contributed by atoms with Crippen LogP contribution in [0.1, 0.15) is 37.8 Å². The molecule has 0 fully saturated rings. The minimum atomic E-state index is 0.252. The van der Waals surface area contributed by atoms with E-state index in [9.17, 15) is 0 Å². The number of nitriles is 1. The second-order valence-corrected chi connectivity index (χ2v) is 4.41. The molecule has 1 rings (SSSR count). The topological polar surface area (TPSA) is 54.3 Å². The quantitative estimate of drug-likeness (QED) is 0.732. The molecule has 1 aromatic carbocycles. The summed E-state index contributed by atoms with van der Waals surface area (Å²) in [5.74, 6) is 1.49. The number of ether oxygens (including phenoxy) is 2. The highest BCUT2D eigenvalue weighted by Crippen LogP contribution is 2.29. The van der Waals surface area contributed by atoms with E-state index in [0.29, 0.717) is 6.42 Å². The lowest BCUT2D eigenvalue weighted by molar-refractivity contribution is 0.354. The fourth-order valence-electron chi connectivity index (χ4n) is 1.89. The third kappa shape index (κ3) is 4.80. The molecule has 0 heterocycles. The van der Waals surface area contributed by atoms with Crippen LogP contribution >= 0.6 is 0 Å². The number of unbranched alkanes of at least 4 members (excludes halogenated alkanes) is 2. The van der Waals surface area contributed by atoms with Gasteiger partial charge < -0.3 is 14.8 Å². The molecule has 1 atom stereocenters. The van der Waals surface area contributed by atoms with Crippen molar-refractivity contribution in [1.29, 1.82) is 5.26 Å². The summed E-state index contributed by atoms with van der Waals surface area (Å²) in [5, 5.41) is 11.9. The summed E-state index contributed by atoms with van der Waals surface area (Å²) in [7, 11) is 3.27. The lowest BCUT2D eigenvalue weighted by Gasteiger charge is -2.16. The largest absolute Gasteiger partial charge is 0.493 e.